The van der Waals surface area contributed by atoms with E-state index >= 15 is 0 Å². The molecule has 1 aliphatic carbocycles. The van der Waals surface area contributed by atoms with Gasteiger partial charge in [0, 0.05) is 12.6 Å². The molecule has 0 spiro atoms. The van der Waals surface area contributed by atoms with Crippen LogP contribution in [-0.2, 0) is 11.2 Å². The SMILES string of the molecule is CCNC(=O)COc1ccc2c(c1)C(NC)CCC2. The van der Waals surface area contributed by atoms with Crippen LogP contribution in [0.3, 0.4) is 0 Å². The molecule has 1 unspecified atom stereocenters. The lowest BCUT2D eigenvalue weighted by atomic mass is 9.87. The third kappa shape index (κ3) is 3.47. The van der Waals surface area contributed by atoms with Crippen LogP contribution in [0.25, 0.3) is 0 Å². The minimum atomic E-state index is -0.0783. The Morgan fingerprint density at radius 2 is 2.32 bits per heavy atom. The second-order valence-corrected chi connectivity index (χ2v) is 4.84. The Kier molecular flexibility index (Phi) is 4.80. The van der Waals surface area contributed by atoms with Crippen molar-refractivity contribution in [3.8, 4) is 5.75 Å². The highest BCUT2D eigenvalue weighted by molar-refractivity contribution is 5.77. The van der Waals surface area contributed by atoms with Gasteiger partial charge in [0.05, 0.1) is 0 Å². The van der Waals surface area contributed by atoms with Gasteiger partial charge < -0.3 is 15.4 Å². The Morgan fingerprint density at radius 1 is 1.47 bits per heavy atom. The molecule has 1 aromatic carbocycles. The first-order valence-corrected chi connectivity index (χ1v) is 6.94. The number of fused-ring (bicyclic) bond motifs is 1. The van der Waals surface area contributed by atoms with Gasteiger partial charge >= 0.3 is 0 Å². The maximum Gasteiger partial charge on any atom is 0.257 e. The van der Waals surface area contributed by atoms with Gasteiger partial charge in [0.15, 0.2) is 6.61 Å². The van der Waals surface area contributed by atoms with E-state index in [1.165, 1.54) is 17.5 Å². The number of likely N-dealkylation sites (N-methyl/N-ethyl adjacent to an activating group) is 1. The van der Waals surface area contributed by atoms with Crippen LogP contribution in [0.1, 0.15) is 36.9 Å². The van der Waals surface area contributed by atoms with Gasteiger partial charge in [-0.1, -0.05) is 6.07 Å². The number of carbonyl (C=O) groups is 1. The van der Waals surface area contributed by atoms with E-state index in [-0.39, 0.29) is 12.5 Å². The second kappa shape index (κ2) is 6.57. The fourth-order valence-electron chi connectivity index (χ4n) is 2.56. The molecule has 2 rings (SSSR count). The lowest BCUT2D eigenvalue weighted by molar-refractivity contribution is -0.122. The highest BCUT2D eigenvalue weighted by atomic mass is 16.5. The number of aryl methyl sites for hydroxylation is 1. The van der Waals surface area contributed by atoms with E-state index in [0.717, 1.165) is 18.6 Å². The smallest absolute Gasteiger partial charge is 0.257 e. The average molecular weight is 262 g/mol. The maximum absolute atomic E-state index is 11.4. The molecule has 0 aromatic heterocycles. The van der Waals surface area contributed by atoms with E-state index in [9.17, 15) is 4.79 Å². The molecule has 0 aliphatic heterocycles. The summed E-state index contributed by atoms with van der Waals surface area (Å²) >= 11 is 0. The van der Waals surface area contributed by atoms with Gasteiger partial charge in [0.1, 0.15) is 5.75 Å². The Morgan fingerprint density at radius 3 is 3.05 bits per heavy atom. The van der Waals surface area contributed by atoms with Gasteiger partial charge in [-0.15, -0.1) is 0 Å². The lowest BCUT2D eigenvalue weighted by Crippen LogP contribution is -2.28. The monoisotopic (exact) mass is 262 g/mol. The molecular formula is C15H22N2O2. The van der Waals surface area contributed by atoms with Crippen molar-refractivity contribution in [1.82, 2.24) is 10.6 Å². The van der Waals surface area contributed by atoms with Crippen LogP contribution < -0.4 is 15.4 Å². The number of hydrogen-bond acceptors (Lipinski definition) is 3. The summed E-state index contributed by atoms with van der Waals surface area (Å²) in [6.45, 7) is 2.61. The molecule has 19 heavy (non-hydrogen) atoms. The van der Waals surface area contributed by atoms with Crippen LogP contribution in [-0.4, -0.2) is 26.1 Å². The summed E-state index contributed by atoms with van der Waals surface area (Å²) in [5.74, 6) is 0.692. The molecule has 0 saturated heterocycles. The van der Waals surface area contributed by atoms with Crippen molar-refractivity contribution < 1.29 is 9.53 Å². The van der Waals surface area contributed by atoms with Crippen LogP contribution in [0, 0.1) is 0 Å². The Balaban J connectivity index is 2.05. The fraction of sp³-hybridized carbons (Fsp3) is 0.533. The molecule has 1 aromatic rings. The van der Waals surface area contributed by atoms with E-state index in [2.05, 4.69) is 22.8 Å². The van der Waals surface area contributed by atoms with Crippen molar-refractivity contribution in [1.29, 1.82) is 0 Å². The minimum absolute atomic E-state index is 0.0783. The number of hydrogen-bond donors (Lipinski definition) is 2. The zero-order valence-electron chi connectivity index (χ0n) is 11.7. The molecule has 104 valence electrons. The summed E-state index contributed by atoms with van der Waals surface area (Å²) in [4.78, 5) is 11.4. The van der Waals surface area contributed by atoms with E-state index < -0.39 is 0 Å². The summed E-state index contributed by atoms with van der Waals surface area (Å²) in [5, 5.41) is 6.06. The Labute approximate surface area is 114 Å². The molecule has 4 heteroatoms. The molecule has 1 atom stereocenters. The fourth-order valence-corrected chi connectivity index (χ4v) is 2.56. The van der Waals surface area contributed by atoms with Crippen LogP contribution in [0.5, 0.6) is 5.75 Å². The van der Waals surface area contributed by atoms with Crippen molar-refractivity contribution in [2.24, 2.45) is 0 Å². The number of amides is 1. The molecule has 0 heterocycles. The van der Waals surface area contributed by atoms with Crippen molar-refractivity contribution in [3.63, 3.8) is 0 Å². The van der Waals surface area contributed by atoms with E-state index in [4.69, 9.17) is 4.74 Å². The van der Waals surface area contributed by atoms with E-state index in [1.807, 2.05) is 20.0 Å². The first-order chi connectivity index (χ1) is 9.24. The summed E-state index contributed by atoms with van der Waals surface area (Å²) in [7, 11) is 1.99. The molecule has 4 nitrogen and oxygen atoms in total. The van der Waals surface area contributed by atoms with Crippen LogP contribution >= 0.6 is 0 Å². The van der Waals surface area contributed by atoms with Crippen molar-refractivity contribution in [2.45, 2.75) is 32.2 Å². The Hall–Kier alpha value is -1.55. The topological polar surface area (TPSA) is 50.4 Å². The molecular weight excluding hydrogens is 240 g/mol. The normalized spacial score (nSPS) is 17.7. The van der Waals surface area contributed by atoms with Crippen LogP contribution in [0.4, 0.5) is 0 Å². The second-order valence-electron chi connectivity index (χ2n) is 4.84. The van der Waals surface area contributed by atoms with Crippen molar-refractivity contribution in [2.75, 3.05) is 20.2 Å². The van der Waals surface area contributed by atoms with Crippen molar-refractivity contribution >= 4 is 5.91 Å². The molecule has 1 amide bonds. The van der Waals surface area contributed by atoms with Crippen LogP contribution in [0.15, 0.2) is 18.2 Å². The third-order valence-electron chi connectivity index (χ3n) is 3.52. The van der Waals surface area contributed by atoms with Gasteiger partial charge in [0.25, 0.3) is 5.91 Å². The zero-order chi connectivity index (χ0) is 13.7. The maximum atomic E-state index is 11.4. The largest absolute Gasteiger partial charge is 0.484 e. The molecule has 0 fully saturated rings. The highest BCUT2D eigenvalue weighted by Crippen LogP contribution is 2.32. The van der Waals surface area contributed by atoms with Gasteiger partial charge in [0.2, 0.25) is 0 Å². The number of carbonyl (C=O) groups excluding carboxylic acids is 1. The molecule has 0 bridgehead atoms. The standard InChI is InChI=1S/C15H22N2O2/c1-3-17-15(18)10-19-12-8-7-11-5-4-6-14(16-2)13(11)9-12/h7-9,14,16H,3-6,10H2,1-2H3,(H,17,18). The number of rotatable bonds is 5. The highest BCUT2D eigenvalue weighted by Gasteiger charge is 2.19. The van der Waals surface area contributed by atoms with Gasteiger partial charge in [-0.25, -0.2) is 0 Å². The predicted octanol–water partition coefficient (Wildman–Crippen LogP) is 1.80. The summed E-state index contributed by atoms with van der Waals surface area (Å²) in [6.07, 6.45) is 3.50. The first-order valence-electron chi connectivity index (χ1n) is 6.94. The summed E-state index contributed by atoms with van der Waals surface area (Å²) < 4.78 is 5.54. The van der Waals surface area contributed by atoms with Gasteiger partial charge in [-0.2, -0.15) is 0 Å². The average Bonchev–Trinajstić information content (AvgIpc) is 2.44. The third-order valence-corrected chi connectivity index (χ3v) is 3.52. The summed E-state index contributed by atoms with van der Waals surface area (Å²) in [5.41, 5.74) is 2.69. The van der Waals surface area contributed by atoms with Crippen LogP contribution in [0.2, 0.25) is 0 Å². The molecule has 0 radical (unpaired) electrons. The molecule has 1 aliphatic rings. The van der Waals surface area contributed by atoms with Gasteiger partial charge in [-0.05, 0) is 56.5 Å². The zero-order valence-corrected chi connectivity index (χ0v) is 11.7. The minimum Gasteiger partial charge on any atom is -0.484 e. The quantitative estimate of drug-likeness (QED) is 0.850. The lowest BCUT2D eigenvalue weighted by Gasteiger charge is -2.25. The van der Waals surface area contributed by atoms with E-state index in [1.54, 1.807) is 0 Å². The number of ether oxygens (including phenoxy) is 1. The number of nitrogens with one attached hydrogen (secondary N) is 2. The van der Waals surface area contributed by atoms with Gasteiger partial charge in [-0.3, -0.25) is 4.79 Å². The van der Waals surface area contributed by atoms with E-state index in [0.29, 0.717) is 12.6 Å². The van der Waals surface area contributed by atoms with Crippen molar-refractivity contribution in [3.05, 3.63) is 29.3 Å². The Bertz CT molecular complexity index is 446. The molecule has 0 saturated carbocycles. The number of benzene rings is 1. The molecule has 2 N–H and O–H groups in total. The first kappa shape index (κ1) is 13.9. The summed E-state index contributed by atoms with van der Waals surface area (Å²) in [6, 6.07) is 6.54. The predicted molar refractivity (Wildman–Crippen MR) is 75.4 cm³/mol.